The van der Waals surface area contributed by atoms with Crippen LogP contribution >= 0.6 is 15.9 Å². The van der Waals surface area contributed by atoms with E-state index in [0.29, 0.717) is 19.4 Å². The third-order valence-electron chi connectivity index (χ3n) is 3.22. The SMILES string of the molecule is O=C(O)C(CCOc1ccc(Br)cc1)Cc1ccccc1. The summed E-state index contributed by atoms with van der Waals surface area (Å²) in [5.41, 5.74) is 1.04. The van der Waals surface area contributed by atoms with Crippen molar-refractivity contribution in [2.45, 2.75) is 12.8 Å². The Morgan fingerprint density at radius 3 is 2.38 bits per heavy atom. The predicted octanol–water partition coefficient (Wildman–Crippen LogP) is 4.16. The van der Waals surface area contributed by atoms with Gasteiger partial charge >= 0.3 is 5.97 Å². The minimum Gasteiger partial charge on any atom is -0.494 e. The Balaban J connectivity index is 1.86. The first-order chi connectivity index (χ1) is 10.1. The Morgan fingerprint density at radius 1 is 1.10 bits per heavy atom. The highest BCUT2D eigenvalue weighted by molar-refractivity contribution is 9.10. The van der Waals surface area contributed by atoms with E-state index < -0.39 is 11.9 Å². The summed E-state index contributed by atoms with van der Waals surface area (Å²) in [4.78, 5) is 11.3. The first-order valence-corrected chi connectivity index (χ1v) is 7.59. The van der Waals surface area contributed by atoms with E-state index >= 15 is 0 Å². The van der Waals surface area contributed by atoms with Crippen molar-refractivity contribution >= 4 is 21.9 Å². The summed E-state index contributed by atoms with van der Waals surface area (Å²) in [6.07, 6.45) is 1.01. The number of benzene rings is 2. The number of rotatable bonds is 7. The summed E-state index contributed by atoms with van der Waals surface area (Å²) < 4.78 is 6.58. The molecule has 4 heteroatoms. The van der Waals surface area contributed by atoms with Gasteiger partial charge < -0.3 is 9.84 Å². The number of halogens is 1. The van der Waals surface area contributed by atoms with Crippen molar-refractivity contribution in [2.75, 3.05) is 6.61 Å². The van der Waals surface area contributed by atoms with Crippen LogP contribution in [0.3, 0.4) is 0 Å². The standard InChI is InChI=1S/C17H17BrO3/c18-15-6-8-16(9-7-15)21-11-10-14(17(19)20)12-13-4-2-1-3-5-13/h1-9,14H,10-12H2,(H,19,20). The molecule has 21 heavy (non-hydrogen) atoms. The van der Waals surface area contributed by atoms with Crippen molar-refractivity contribution in [3.05, 3.63) is 64.6 Å². The number of hydrogen-bond donors (Lipinski definition) is 1. The smallest absolute Gasteiger partial charge is 0.306 e. The van der Waals surface area contributed by atoms with Gasteiger partial charge in [0.2, 0.25) is 0 Å². The zero-order chi connectivity index (χ0) is 15.1. The Labute approximate surface area is 132 Å². The van der Waals surface area contributed by atoms with Crippen LogP contribution in [0.25, 0.3) is 0 Å². The summed E-state index contributed by atoms with van der Waals surface area (Å²) in [6.45, 7) is 0.394. The highest BCUT2D eigenvalue weighted by atomic mass is 79.9. The van der Waals surface area contributed by atoms with Gasteiger partial charge in [-0.2, -0.15) is 0 Å². The highest BCUT2D eigenvalue weighted by Crippen LogP contribution is 2.18. The average molecular weight is 349 g/mol. The molecule has 3 nitrogen and oxygen atoms in total. The summed E-state index contributed by atoms with van der Waals surface area (Å²) in [5.74, 6) is -0.455. The fourth-order valence-electron chi connectivity index (χ4n) is 2.06. The van der Waals surface area contributed by atoms with E-state index in [2.05, 4.69) is 15.9 Å². The summed E-state index contributed by atoms with van der Waals surface area (Å²) in [6, 6.07) is 17.2. The maximum Gasteiger partial charge on any atom is 0.306 e. The molecule has 0 fully saturated rings. The third-order valence-corrected chi connectivity index (χ3v) is 3.75. The van der Waals surface area contributed by atoms with Crippen LogP contribution in [0.1, 0.15) is 12.0 Å². The second-order valence-corrected chi connectivity index (χ2v) is 5.73. The van der Waals surface area contributed by atoms with E-state index in [1.165, 1.54) is 0 Å². The van der Waals surface area contributed by atoms with E-state index in [1.54, 1.807) is 0 Å². The third kappa shape index (κ3) is 5.23. The minimum absolute atomic E-state index is 0.394. The maximum absolute atomic E-state index is 11.3. The van der Waals surface area contributed by atoms with Crippen LogP contribution in [-0.2, 0) is 11.2 Å². The number of carboxylic acid groups (broad SMARTS) is 1. The quantitative estimate of drug-likeness (QED) is 0.816. The topological polar surface area (TPSA) is 46.5 Å². The molecule has 0 heterocycles. The molecule has 2 rings (SSSR count). The van der Waals surface area contributed by atoms with Crippen LogP contribution in [-0.4, -0.2) is 17.7 Å². The molecule has 0 saturated heterocycles. The van der Waals surface area contributed by atoms with Gasteiger partial charge in [-0.1, -0.05) is 46.3 Å². The Kier molecular flexibility index (Phi) is 5.81. The van der Waals surface area contributed by atoms with Crippen LogP contribution in [0.4, 0.5) is 0 Å². The van der Waals surface area contributed by atoms with Crippen LogP contribution in [0.15, 0.2) is 59.1 Å². The molecule has 0 amide bonds. The van der Waals surface area contributed by atoms with Gasteiger partial charge in [0, 0.05) is 4.47 Å². The monoisotopic (exact) mass is 348 g/mol. The maximum atomic E-state index is 11.3. The van der Waals surface area contributed by atoms with Crippen molar-refractivity contribution < 1.29 is 14.6 Å². The van der Waals surface area contributed by atoms with Crippen LogP contribution in [0, 0.1) is 5.92 Å². The van der Waals surface area contributed by atoms with Gasteiger partial charge in [-0.25, -0.2) is 0 Å². The molecule has 0 aliphatic heterocycles. The zero-order valence-corrected chi connectivity index (χ0v) is 13.1. The van der Waals surface area contributed by atoms with E-state index in [-0.39, 0.29) is 0 Å². The van der Waals surface area contributed by atoms with E-state index in [1.807, 2.05) is 54.6 Å². The van der Waals surface area contributed by atoms with E-state index in [4.69, 9.17) is 4.74 Å². The second kappa shape index (κ2) is 7.84. The lowest BCUT2D eigenvalue weighted by atomic mass is 9.97. The fourth-order valence-corrected chi connectivity index (χ4v) is 2.33. The molecule has 0 bridgehead atoms. The minimum atomic E-state index is -0.779. The number of aliphatic carboxylic acids is 1. The molecule has 0 aliphatic carbocycles. The summed E-state index contributed by atoms with van der Waals surface area (Å²) in [7, 11) is 0. The average Bonchev–Trinajstić information content (AvgIpc) is 2.49. The van der Waals surface area contributed by atoms with Crippen molar-refractivity contribution in [3.8, 4) is 5.75 Å². The first kappa shape index (κ1) is 15.6. The molecule has 0 radical (unpaired) electrons. The summed E-state index contributed by atoms with van der Waals surface area (Å²) >= 11 is 3.36. The van der Waals surface area contributed by atoms with Gasteiger partial charge in [0.1, 0.15) is 5.75 Å². The zero-order valence-electron chi connectivity index (χ0n) is 11.5. The van der Waals surface area contributed by atoms with E-state index in [9.17, 15) is 9.90 Å². The van der Waals surface area contributed by atoms with Gasteiger partial charge in [-0.15, -0.1) is 0 Å². The number of carboxylic acids is 1. The molecule has 0 aliphatic rings. The van der Waals surface area contributed by atoms with Gasteiger partial charge in [-0.05, 0) is 42.7 Å². The molecule has 0 saturated carbocycles. The second-order valence-electron chi connectivity index (χ2n) is 4.82. The molecular weight excluding hydrogens is 332 g/mol. The van der Waals surface area contributed by atoms with Crippen LogP contribution in [0.2, 0.25) is 0 Å². The lowest BCUT2D eigenvalue weighted by Gasteiger charge is -2.13. The number of ether oxygens (including phenoxy) is 1. The normalized spacial score (nSPS) is 11.9. The molecule has 1 atom stereocenters. The molecule has 2 aromatic carbocycles. The van der Waals surface area contributed by atoms with Crippen molar-refractivity contribution in [1.82, 2.24) is 0 Å². The molecule has 1 unspecified atom stereocenters. The molecule has 0 spiro atoms. The molecule has 110 valence electrons. The molecular formula is C17H17BrO3. The predicted molar refractivity (Wildman–Crippen MR) is 85.5 cm³/mol. The largest absolute Gasteiger partial charge is 0.494 e. The van der Waals surface area contributed by atoms with Gasteiger partial charge in [0.25, 0.3) is 0 Å². The highest BCUT2D eigenvalue weighted by Gasteiger charge is 2.18. The lowest BCUT2D eigenvalue weighted by Crippen LogP contribution is -2.19. The van der Waals surface area contributed by atoms with Gasteiger partial charge in [-0.3, -0.25) is 4.79 Å². The van der Waals surface area contributed by atoms with Crippen LogP contribution < -0.4 is 4.74 Å². The van der Waals surface area contributed by atoms with Crippen LogP contribution in [0.5, 0.6) is 5.75 Å². The fraction of sp³-hybridized carbons (Fsp3) is 0.235. The molecule has 0 aromatic heterocycles. The Hall–Kier alpha value is -1.81. The Morgan fingerprint density at radius 2 is 1.76 bits per heavy atom. The van der Waals surface area contributed by atoms with Crippen molar-refractivity contribution in [1.29, 1.82) is 0 Å². The first-order valence-electron chi connectivity index (χ1n) is 6.80. The van der Waals surface area contributed by atoms with Gasteiger partial charge in [0.05, 0.1) is 12.5 Å². The van der Waals surface area contributed by atoms with Crippen molar-refractivity contribution in [2.24, 2.45) is 5.92 Å². The summed E-state index contributed by atoms with van der Waals surface area (Å²) in [5, 5.41) is 9.31. The Bertz CT molecular complexity index is 566. The van der Waals surface area contributed by atoms with Gasteiger partial charge in [0.15, 0.2) is 0 Å². The van der Waals surface area contributed by atoms with Crippen molar-refractivity contribution in [3.63, 3.8) is 0 Å². The molecule has 1 N–H and O–H groups in total. The number of hydrogen-bond acceptors (Lipinski definition) is 2. The molecule has 2 aromatic rings. The van der Waals surface area contributed by atoms with E-state index in [0.717, 1.165) is 15.8 Å². The lowest BCUT2D eigenvalue weighted by molar-refractivity contribution is -0.142. The number of carbonyl (C=O) groups is 1.